The number of nitrogens with zero attached hydrogens (tertiary/aromatic N) is 4. The Morgan fingerprint density at radius 1 is 1.20 bits per heavy atom. The van der Waals surface area contributed by atoms with Crippen LogP contribution in [0.15, 0.2) is 36.5 Å². The third kappa shape index (κ3) is 2.56. The predicted octanol–water partition coefficient (Wildman–Crippen LogP) is 2.94. The third-order valence-corrected chi connectivity index (χ3v) is 5.52. The minimum absolute atomic E-state index is 0.0129. The molecule has 6 heteroatoms. The summed E-state index contributed by atoms with van der Waals surface area (Å²) in [5.74, 6) is 2.96. The van der Waals surface area contributed by atoms with E-state index in [1.54, 1.807) is 0 Å². The van der Waals surface area contributed by atoms with Crippen LogP contribution in [0.1, 0.15) is 11.9 Å². The van der Waals surface area contributed by atoms with Crippen LogP contribution in [0, 0.1) is 17.8 Å². The SMILES string of the molecule is [2H]C([2H])([18F])C([2H])([2H])OCCC1[C@H]2CN(c3ccn4c(n3)nc3ccccc34)C[C@@H]12. The number of hydrogen-bond acceptors (Lipinski definition) is 4. The molecule has 3 aromatic rings. The molecule has 0 spiro atoms. The molecule has 2 aliphatic rings. The zero-order chi connectivity index (χ0) is 20.4. The monoisotopic (exact) mass is 343 g/mol. The molecule has 1 aromatic carbocycles. The van der Waals surface area contributed by atoms with Crippen LogP contribution in [-0.2, 0) is 4.74 Å². The lowest BCUT2D eigenvalue weighted by Crippen LogP contribution is -2.25. The van der Waals surface area contributed by atoms with Crippen LogP contribution >= 0.6 is 0 Å². The molecular formula is C19H21FN4O. The fraction of sp³-hybridized carbons (Fsp3) is 0.474. The number of ether oxygens (including phenoxy) is 1. The van der Waals surface area contributed by atoms with Gasteiger partial charge in [-0.05, 0) is 42.4 Å². The van der Waals surface area contributed by atoms with E-state index in [4.69, 9.17) is 15.2 Å². The highest BCUT2D eigenvalue weighted by Crippen LogP contribution is 2.54. The average Bonchev–Trinajstić information content (AvgIpc) is 3.03. The number of benzene rings is 1. The number of hydrogen-bond donors (Lipinski definition) is 0. The van der Waals surface area contributed by atoms with Gasteiger partial charge in [-0.25, -0.2) is 9.37 Å². The first-order chi connectivity index (χ1) is 13.7. The van der Waals surface area contributed by atoms with Crippen LogP contribution in [0.25, 0.3) is 16.8 Å². The van der Waals surface area contributed by atoms with Gasteiger partial charge in [0, 0.05) is 25.9 Å². The summed E-state index contributed by atoms with van der Waals surface area (Å²) in [7, 11) is 0. The number of halogens is 1. The Morgan fingerprint density at radius 2 is 2.04 bits per heavy atom. The van der Waals surface area contributed by atoms with Crippen LogP contribution in [0.5, 0.6) is 0 Å². The minimum atomic E-state index is -3.51. The van der Waals surface area contributed by atoms with Gasteiger partial charge in [-0.1, -0.05) is 12.1 Å². The van der Waals surface area contributed by atoms with Crippen molar-refractivity contribution in [2.75, 3.05) is 37.8 Å². The number of anilines is 1. The molecule has 0 bridgehead atoms. The molecule has 5 nitrogen and oxygen atoms in total. The summed E-state index contributed by atoms with van der Waals surface area (Å²) in [6.07, 6.45) is 2.60. The van der Waals surface area contributed by atoms with E-state index in [0.717, 1.165) is 29.9 Å². The van der Waals surface area contributed by atoms with Gasteiger partial charge in [-0.2, -0.15) is 4.98 Å². The predicted molar refractivity (Wildman–Crippen MR) is 94.6 cm³/mol. The minimum Gasteiger partial charge on any atom is -0.379 e. The number of rotatable bonds is 6. The summed E-state index contributed by atoms with van der Waals surface area (Å²) in [6, 6.07) is 9.93. The van der Waals surface area contributed by atoms with Crippen molar-refractivity contribution in [3.05, 3.63) is 36.5 Å². The fourth-order valence-corrected chi connectivity index (χ4v) is 4.25. The highest BCUT2D eigenvalue weighted by atomic mass is 18.2. The molecule has 2 fully saturated rings. The lowest BCUT2D eigenvalue weighted by Gasteiger charge is -2.20. The maximum atomic E-state index is 13.2. The summed E-state index contributed by atoms with van der Waals surface area (Å²) in [6.45, 7) is -4.68. The molecule has 0 N–H and O–H groups in total. The number of fused-ring (bicyclic) bond motifs is 4. The lowest BCUT2D eigenvalue weighted by atomic mass is 10.2. The van der Waals surface area contributed by atoms with Gasteiger partial charge >= 0.3 is 0 Å². The molecule has 0 radical (unpaired) electrons. The van der Waals surface area contributed by atoms with Gasteiger partial charge in [0.05, 0.1) is 23.1 Å². The molecule has 3 heterocycles. The Balaban J connectivity index is 1.20. The molecule has 3 atom stereocenters. The van der Waals surface area contributed by atoms with Crippen LogP contribution < -0.4 is 4.90 Å². The van der Waals surface area contributed by atoms with Crippen molar-refractivity contribution < 1.29 is 14.6 Å². The lowest BCUT2D eigenvalue weighted by molar-refractivity contribution is 0.112. The van der Waals surface area contributed by atoms with Gasteiger partial charge in [0.25, 0.3) is 0 Å². The largest absolute Gasteiger partial charge is 0.379 e. The van der Waals surface area contributed by atoms with Gasteiger partial charge in [-0.3, -0.25) is 4.40 Å². The Labute approximate surface area is 151 Å². The average molecular weight is 343 g/mol. The summed E-state index contributed by atoms with van der Waals surface area (Å²) < 4.78 is 48.4. The molecule has 130 valence electrons. The zero-order valence-electron chi connectivity index (χ0n) is 17.6. The number of piperidine rings is 1. The Morgan fingerprint density at radius 3 is 2.88 bits per heavy atom. The summed E-state index contributed by atoms with van der Waals surface area (Å²) >= 11 is 0. The first-order valence-electron chi connectivity index (χ1n) is 10.6. The van der Waals surface area contributed by atoms with E-state index in [2.05, 4.69) is 9.88 Å². The van der Waals surface area contributed by atoms with E-state index >= 15 is 0 Å². The normalized spacial score (nSPS) is 28.5. The molecule has 25 heavy (non-hydrogen) atoms. The molecule has 1 aliphatic carbocycles. The van der Waals surface area contributed by atoms with Crippen LogP contribution in [0.4, 0.5) is 10.2 Å². The zero-order valence-corrected chi connectivity index (χ0v) is 13.6. The van der Waals surface area contributed by atoms with Gasteiger partial charge in [0.15, 0.2) is 0 Å². The second-order valence-electron chi connectivity index (χ2n) is 6.79. The first-order valence-corrected chi connectivity index (χ1v) is 8.56. The van der Waals surface area contributed by atoms with Crippen molar-refractivity contribution in [2.24, 2.45) is 17.8 Å². The number of aromatic nitrogens is 3. The molecule has 1 saturated heterocycles. The van der Waals surface area contributed by atoms with Crippen molar-refractivity contribution >= 4 is 22.6 Å². The quantitative estimate of drug-likeness (QED) is 0.690. The first kappa shape index (κ1) is 11.4. The summed E-state index contributed by atoms with van der Waals surface area (Å²) in [5.41, 5.74) is 1.95. The maximum absolute atomic E-state index is 13.2. The highest BCUT2D eigenvalue weighted by molar-refractivity contribution is 5.79. The standard InChI is InChI=1S/C19H21FN4O/c20-7-10-25-9-6-13-14-11-23(12-15(13)14)18-5-8-24-17-4-2-1-3-16(17)21-19(24)22-18/h1-5,8,13-15H,6-7,9-12H2/t13?,14-,15+/i7D2,10D2,20-1. The smallest absolute Gasteiger partial charge is 0.236 e. The number of alkyl halides is 1. The van der Waals surface area contributed by atoms with E-state index in [1.807, 2.05) is 40.9 Å². The molecule has 1 saturated carbocycles. The van der Waals surface area contributed by atoms with Gasteiger partial charge < -0.3 is 9.64 Å². The molecule has 1 aliphatic heterocycles. The molecule has 0 amide bonds. The third-order valence-electron chi connectivity index (χ3n) is 5.52. The number of imidazole rings is 1. The second kappa shape index (κ2) is 5.95. The molecular weight excluding hydrogens is 318 g/mol. The van der Waals surface area contributed by atoms with Crippen molar-refractivity contribution in [2.45, 2.75) is 6.42 Å². The summed E-state index contributed by atoms with van der Waals surface area (Å²) in [5, 5.41) is 0. The highest BCUT2D eigenvalue weighted by Gasteiger charge is 2.55. The van der Waals surface area contributed by atoms with Crippen LogP contribution in [-0.4, -0.2) is 47.3 Å². The van der Waals surface area contributed by atoms with E-state index in [-0.39, 0.29) is 6.61 Å². The Hall–Kier alpha value is -2.21. The van der Waals surface area contributed by atoms with Gasteiger partial charge in [0.1, 0.15) is 12.4 Å². The van der Waals surface area contributed by atoms with Crippen molar-refractivity contribution in [3.8, 4) is 0 Å². The van der Waals surface area contributed by atoms with Crippen molar-refractivity contribution in [1.82, 2.24) is 14.4 Å². The van der Waals surface area contributed by atoms with Crippen molar-refractivity contribution in [1.29, 1.82) is 0 Å². The Bertz CT molecular complexity index is 1060. The van der Waals surface area contributed by atoms with E-state index in [0.29, 0.717) is 30.0 Å². The fourth-order valence-electron chi connectivity index (χ4n) is 4.25. The molecule has 2 aromatic heterocycles. The van der Waals surface area contributed by atoms with E-state index < -0.39 is 13.2 Å². The number of para-hydroxylation sites is 2. The van der Waals surface area contributed by atoms with Crippen LogP contribution in [0.3, 0.4) is 0 Å². The molecule has 1 unspecified atom stereocenters. The maximum Gasteiger partial charge on any atom is 0.236 e. The Kier molecular flexibility index (Phi) is 2.72. The van der Waals surface area contributed by atoms with Crippen molar-refractivity contribution in [3.63, 3.8) is 0 Å². The molecule has 5 rings (SSSR count). The van der Waals surface area contributed by atoms with Gasteiger partial charge in [-0.15, -0.1) is 0 Å². The van der Waals surface area contributed by atoms with Crippen LogP contribution in [0.2, 0.25) is 0 Å². The second-order valence-corrected chi connectivity index (χ2v) is 6.79. The van der Waals surface area contributed by atoms with E-state index in [1.165, 1.54) is 0 Å². The topological polar surface area (TPSA) is 42.7 Å². The van der Waals surface area contributed by atoms with Gasteiger partial charge in [0.2, 0.25) is 5.78 Å². The summed E-state index contributed by atoms with van der Waals surface area (Å²) in [4.78, 5) is 11.5. The van der Waals surface area contributed by atoms with E-state index in [9.17, 15) is 4.39 Å².